The van der Waals surface area contributed by atoms with Crippen LogP contribution in [-0.2, 0) is 24.5 Å². The zero-order valence-electron chi connectivity index (χ0n) is 12.2. The molecule has 0 aliphatic carbocycles. The summed E-state index contributed by atoms with van der Waals surface area (Å²) in [6.45, 7) is 2.06. The number of pyridine rings is 1. The van der Waals surface area contributed by atoms with Crippen molar-refractivity contribution in [3.63, 3.8) is 0 Å². The molecule has 7 heteroatoms. The molecule has 22 heavy (non-hydrogen) atoms. The van der Waals surface area contributed by atoms with Crippen molar-refractivity contribution in [1.29, 1.82) is 0 Å². The number of aromatic nitrogens is 3. The average Bonchev–Trinajstić information content (AvgIpc) is 2.90. The van der Waals surface area contributed by atoms with Gasteiger partial charge in [-0.1, -0.05) is 30.7 Å². The molecule has 1 atom stereocenters. The Hall–Kier alpha value is -1.92. The lowest BCUT2D eigenvalue weighted by atomic mass is 10.1. The number of nitrogens with one attached hydrogen (secondary N) is 1. The SMILES string of the molecule is CCc1ccc2cnn(C)c2c1NS(=O)c1ccc(Cl)nc1. The van der Waals surface area contributed by atoms with Crippen molar-refractivity contribution in [1.82, 2.24) is 14.8 Å². The minimum absolute atomic E-state index is 0.378. The minimum atomic E-state index is -1.42. The van der Waals surface area contributed by atoms with Gasteiger partial charge in [0.05, 0.1) is 22.3 Å². The standard InChI is InChI=1S/C15H15ClN4OS/c1-3-10-4-5-11-8-18-20(2)15(11)14(10)19-22(21)12-6-7-13(16)17-9-12/h4-9,19H,3H2,1-2H3. The highest BCUT2D eigenvalue weighted by Gasteiger charge is 2.14. The van der Waals surface area contributed by atoms with Crippen molar-refractivity contribution in [3.05, 3.63) is 47.4 Å². The molecule has 0 aliphatic rings. The summed E-state index contributed by atoms with van der Waals surface area (Å²) in [6.07, 6.45) is 4.15. The van der Waals surface area contributed by atoms with Gasteiger partial charge in [-0.2, -0.15) is 5.10 Å². The van der Waals surface area contributed by atoms with Crippen molar-refractivity contribution in [3.8, 4) is 0 Å². The Balaban J connectivity index is 2.04. The second-order valence-electron chi connectivity index (χ2n) is 4.85. The summed E-state index contributed by atoms with van der Waals surface area (Å²) in [5, 5.41) is 5.66. The van der Waals surface area contributed by atoms with Crippen LogP contribution in [0.2, 0.25) is 5.15 Å². The van der Waals surface area contributed by atoms with Crippen LogP contribution in [0.1, 0.15) is 12.5 Å². The molecule has 114 valence electrons. The first-order valence-corrected chi connectivity index (χ1v) is 8.36. The summed E-state index contributed by atoms with van der Waals surface area (Å²) in [5.74, 6) is 0. The van der Waals surface area contributed by atoms with Gasteiger partial charge >= 0.3 is 0 Å². The van der Waals surface area contributed by atoms with Crippen LogP contribution < -0.4 is 4.72 Å². The molecule has 0 spiro atoms. The van der Waals surface area contributed by atoms with Crippen LogP contribution in [0.4, 0.5) is 5.69 Å². The fraction of sp³-hybridized carbons (Fsp3) is 0.200. The highest BCUT2D eigenvalue weighted by molar-refractivity contribution is 7.86. The molecular weight excluding hydrogens is 320 g/mol. The molecule has 0 aliphatic heterocycles. The van der Waals surface area contributed by atoms with Crippen LogP contribution in [0.15, 0.2) is 41.6 Å². The molecule has 3 rings (SSSR count). The number of halogens is 1. The third-order valence-electron chi connectivity index (χ3n) is 3.48. The molecule has 3 aromatic rings. The predicted molar refractivity (Wildman–Crippen MR) is 89.4 cm³/mol. The normalized spacial score (nSPS) is 12.5. The van der Waals surface area contributed by atoms with Crippen LogP contribution in [0.3, 0.4) is 0 Å². The van der Waals surface area contributed by atoms with Crippen LogP contribution in [0, 0.1) is 0 Å². The number of nitrogens with zero attached hydrogens (tertiary/aromatic N) is 3. The van der Waals surface area contributed by atoms with Crippen LogP contribution in [0.5, 0.6) is 0 Å². The van der Waals surface area contributed by atoms with Gasteiger partial charge in [-0.3, -0.25) is 9.40 Å². The Morgan fingerprint density at radius 2 is 2.09 bits per heavy atom. The van der Waals surface area contributed by atoms with Crippen LogP contribution >= 0.6 is 11.6 Å². The molecule has 0 bridgehead atoms. The molecule has 0 saturated heterocycles. The number of aryl methyl sites for hydroxylation is 2. The third kappa shape index (κ3) is 2.71. The van der Waals surface area contributed by atoms with Gasteiger partial charge in [-0.25, -0.2) is 9.19 Å². The first-order chi connectivity index (χ1) is 10.6. The third-order valence-corrected chi connectivity index (χ3v) is 4.76. The van der Waals surface area contributed by atoms with Crippen molar-refractivity contribution >= 4 is 39.2 Å². The Labute approximate surface area is 135 Å². The monoisotopic (exact) mass is 334 g/mol. The zero-order chi connectivity index (χ0) is 15.7. The summed E-state index contributed by atoms with van der Waals surface area (Å²) in [7, 11) is 0.460. The number of rotatable bonds is 4. The predicted octanol–water partition coefficient (Wildman–Crippen LogP) is 3.32. The lowest BCUT2D eigenvalue weighted by Crippen LogP contribution is -2.09. The van der Waals surface area contributed by atoms with E-state index in [9.17, 15) is 4.21 Å². The van der Waals surface area contributed by atoms with E-state index in [4.69, 9.17) is 11.6 Å². The molecule has 1 unspecified atom stereocenters. The van der Waals surface area contributed by atoms with E-state index in [1.54, 1.807) is 23.0 Å². The van der Waals surface area contributed by atoms with Gasteiger partial charge in [0.15, 0.2) is 11.0 Å². The largest absolute Gasteiger partial charge is 0.299 e. The van der Waals surface area contributed by atoms with Gasteiger partial charge in [0.1, 0.15) is 5.15 Å². The average molecular weight is 335 g/mol. The van der Waals surface area contributed by atoms with Crippen molar-refractivity contribution < 1.29 is 4.21 Å². The molecular formula is C15H15ClN4OS. The maximum Gasteiger partial charge on any atom is 0.151 e. The highest BCUT2D eigenvalue weighted by atomic mass is 35.5. The molecule has 0 saturated carbocycles. The first kappa shape index (κ1) is 15.0. The molecule has 0 fully saturated rings. The molecule has 2 aromatic heterocycles. The summed E-state index contributed by atoms with van der Waals surface area (Å²) in [4.78, 5) is 4.54. The van der Waals surface area contributed by atoms with Gasteiger partial charge in [-0.05, 0) is 24.1 Å². The fourth-order valence-corrected chi connectivity index (χ4v) is 3.32. The summed E-state index contributed by atoms with van der Waals surface area (Å²) < 4.78 is 17.4. The van der Waals surface area contributed by atoms with Crippen molar-refractivity contribution in [2.75, 3.05) is 4.72 Å². The molecule has 1 aromatic carbocycles. The lowest BCUT2D eigenvalue weighted by molar-refractivity contribution is 0.686. The van der Waals surface area contributed by atoms with E-state index in [0.29, 0.717) is 10.0 Å². The lowest BCUT2D eigenvalue weighted by Gasteiger charge is -2.13. The second-order valence-corrected chi connectivity index (χ2v) is 6.45. The Kier molecular flexibility index (Phi) is 4.13. The van der Waals surface area contributed by atoms with Gasteiger partial charge in [0, 0.05) is 18.6 Å². The molecule has 0 amide bonds. The molecule has 0 radical (unpaired) electrons. The zero-order valence-corrected chi connectivity index (χ0v) is 13.8. The minimum Gasteiger partial charge on any atom is -0.299 e. The number of fused-ring (bicyclic) bond motifs is 1. The fourth-order valence-electron chi connectivity index (χ4n) is 2.34. The Bertz CT molecular complexity index is 845. The number of benzene rings is 1. The summed E-state index contributed by atoms with van der Waals surface area (Å²) in [5.41, 5.74) is 2.87. The molecule has 5 nitrogen and oxygen atoms in total. The van der Waals surface area contributed by atoms with E-state index in [1.165, 1.54) is 6.20 Å². The van der Waals surface area contributed by atoms with E-state index in [1.807, 2.05) is 19.2 Å². The van der Waals surface area contributed by atoms with Crippen molar-refractivity contribution in [2.45, 2.75) is 18.2 Å². The molecule has 1 N–H and O–H groups in total. The maximum absolute atomic E-state index is 12.6. The second kappa shape index (κ2) is 6.06. The Morgan fingerprint density at radius 3 is 2.77 bits per heavy atom. The van der Waals surface area contributed by atoms with Gasteiger partial charge < -0.3 is 0 Å². The Morgan fingerprint density at radius 1 is 1.27 bits per heavy atom. The van der Waals surface area contributed by atoms with Gasteiger partial charge in [0.25, 0.3) is 0 Å². The number of hydrogen-bond donors (Lipinski definition) is 1. The highest BCUT2D eigenvalue weighted by Crippen LogP contribution is 2.29. The van der Waals surface area contributed by atoms with E-state index in [0.717, 1.165) is 28.6 Å². The van der Waals surface area contributed by atoms with Gasteiger partial charge in [0.2, 0.25) is 0 Å². The number of hydrogen-bond acceptors (Lipinski definition) is 3. The van der Waals surface area contributed by atoms with E-state index >= 15 is 0 Å². The maximum atomic E-state index is 12.6. The topological polar surface area (TPSA) is 59.8 Å². The van der Waals surface area contributed by atoms with Gasteiger partial charge in [-0.15, -0.1) is 0 Å². The number of anilines is 1. The summed E-state index contributed by atoms with van der Waals surface area (Å²) >= 11 is 5.77. The summed E-state index contributed by atoms with van der Waals surface area (Å²) in [6, 6.07) is 7.39. The van der Waals surface area contributed by atoms with E-state index < -0.39 is 11.0 Å². The van der Waals surface area contributed by atoms with E-state index in [2.05, 4.69) is 21.7 Å². The molecule has 2 heterocycles. The van der Waals surface area contributed by atoms with E-state index in [-0.39, 0.29) is 0 Å². The van der Waals surface area contributed by atoms with Crippen LogP contribution in [0.25, 0.3) is 10.9 Å². The van der Waals surface area contributed by atoms with Crippen LogP contribution in [-0.4, -0.2) is 19.0 Å². The first-order valence-electron chi connectivity index (χ1n) is 6.83. The smallest absolute Gasteiger partial charge is 0.151 e. The quantitative estimate of drug-likeness (QED) is 0.744. The van der Waals surface area contributed by atoms with Crippen molar-refractivity contribution in [2.24, 2.45) is 7.05 Å².